The summed E-state index contributed by atoms with van der Waals surface area (Å²) in [5.41, 5.74) is 18.4. The zero-order valence-corrected chi connectivity index (χ0v) is 41.3. The van der Waals surface area contributed by atoms with Gasteiger partial charge in [0.05, 0.1) is 5.41 Å². The van der Waals surface area contributed by atoms with Crippen molar-refractivity contribution in [1.82, 2.24) is 15.0 Å². The van der Waals surface area contributed by atoms with Crippen LogP contribution in [-0.2, 0) is 5.41 Å². The van der Waals surface area contributed by atoms with Gasteiger partial charge in [-0.1, -0.05) is 218 Å². The molecule has 0 radical (unpaired) electrons. The Hall–Kier alpha value is -9.55. The molecule has 0 fully saturated rings. The van der Waals surface area contributed by atoms with E-state index < -0.39 is 5.41 Å². The van der Waals surface area contributed by atoms with E-state index in [4.69, 9.17) is 19.4 Å². The Morgan fingerprint density at radius 3 is 1.60 bits per heavy atom. The van der Waals surface area contributed by atoms with Crippen molar-refractivity contribution in [3.05, 3.63) is 283 Å². The topological polar surface area (TPSA) is 51.8 Å². The molecule has 3 heterocycles. The van der Waals surface area contributed by atoms with Gasteiger partial charge in [0.25, 0.3) is 0 Å². The number of benzene rings is 11. The van der Waals surface area contributed by atoms with Crippen LogP contribution >= 0.6 is 11.3 Å². The summed E-state index contributed by atoms with van der Waals surface area (Å²) in [6.07, 6.45) is 0. The normalized spacial score (nSPS) is 12.6. The number of rotatable bonds is 8. The lowest BCUT2D eigenvalue weighted by Gasteiger charge is -2.34. The van der Waals surface area contributed by atoms with Crippen LogP contribution in [0.25, 0.3) is 121 Å². The summed E-state index contributed by atoms with van der Waals surface area (Å²) in [4.78, 5) is 15.8. The van der Waals surface area contributed by atoms with Gasteiger partial charge in [-0.05, 0) is 109 Å². The third-order valence-corrected chi connectivity index (χ3v) is 16.4. The molecule has 0 unspecified atom stereocenters. The molecular weight excluding hydrogens is 931 g/mol. The van der Waals surface area contributed by atoms with E-state index in [9.17, 15) is 0 Å². The van der Waals surface area contributed by atoms with E-state index in [0.717, 1.165) is 60.9 Å². The molecule has 0 spiro atoms. The monoisotopic (exact) mass is 973 g/mol. The van der Waals surface area contributed by atoms with Gasteiger partial charge in [0, 0.05) is 47.6 Å². The maximum absolute atomic E-state index is 6.63. The van der Waals surface area contributed by atoms with Crippen molar-refractivity contribution < 1.29 is 4.42 Å². The molecule has 0 bridgehead atoms. The molecule has 0 amide bonds. The maximum atomic E-state index is 6.63. The summed E-state index contributed by atoms with van der Waals surface area (Å²) in [6, 6.07) is 93.6. The largest absolute Gasteiger partial charge is 0.456 e. The van der Waals surface area contributed by atoms with Crippen LogP contribution in [0.5, 0.6) is 0 Å². The standard InChI is InChI=1S/C70H43N3OS/c1-4-16-44(17-5-1)45-32-36-48(37-33-45)67-71-68(50-39-41-64-57(43-50)54-22-11-13-29-63(54)75-64)73-69(72-67)56-25-15-28-62-66(56)58-42-49(38-40-61(58)74-62)46-30-34-47(35-31-46)53-24-14-27-60-65(53)55-23-10-12-26-59(55)70(60,51-18-6-2-7-19-51)52-20-8-3-9-21-52/h1-43H. The molecule has 14 aromatic rings. The van der Waals surface area contributed by atoms with Crippen LogP contribution in [-0.4, -0.2) is 15.0 Å². The van der Waals surface area contributed by atoms with Gasteiger partial charge < -0.3 is 4.42 Å². The Morgan fingerprint density at radius 2 is 0.827 bits per heavy atom. The van der Waals surface area contributed by atoms with Crippen LogP contribution in [0.15, 0.2) is 265 Å². The first-order chi connectivity index (χ1) is 37.2. The van der Waals surface area contributed by atoms with Crippen molar-refractivity contribution in [2.45, 2.75) is 5.41 Å². The summed E-state index contributed by atoms with van der Waals surface area (Å²) < 4.78 is 9.12. The Morgan fingerprint density at radius 1 is 0.307 bits per heavy atom. The second-order valence-electron chi connectivity index (χ2n) is 19.4. The fourth-order valence-corrected chi connectivity index (χ4v) is 12.9. The SMILES string of the molecule is c1ccc(-c2ccc(-c3nc(-c4ccc5sc6ccccc6c5c4)nc(-c4cccc5oc6ccc(-c7ccc(-c8cccc9c8-c8ccccc8C9(c8ccccc8)c8ccccc8)cc7)cc6c45)n3)cc2)cc1. The summed E-state index contributed by atoms with van der Waals surface area (Å²) >= 11 is 1.80. The van der Waals surface area contributed by atoms with Gasteiger partial charge in [0.15, 0.2) is 17.5 Å². The summed E-state index contributed by atoms with van der Waals surface area (Å²) in [5.74, 6) is 1.80. The highest BCUT2D eigenvalue weighted by molar-refractivity contribution is 7.25. The number of hydrogen-bond donors (Lipinski definition) is 0. The molecule has 0 saturated carbocycles. The molecule has 0 aliphatic heterocycles. The van der Waals surface area contributed by atoms with E-state index in [1.54, 1.807) is 11.3 Å². The van der Waals surface area contributed by atoms with Gasteiger partial charge in [-0.25, -0.2) is 15.0 Å². The second kappa shape index (κ2) is 17.3. The van der Waals surface area contributed by atoms with Gasteiger partial charge in [-0.15, -0.1) is 11.3 Å². The predicted molar refractivity (Wildman–Crippen MR) is 310 cm³/mol. The smallest absolute Gasteiger partial charge is 0.164 e. The number of hydrogen-bond acceptors (Lipinski definition) is 5. The average molecular weight is 974 g/mol. The highest BCUT2D eigenvalue weighted by Gasteiger charge is 2.46. The lowest BCUT2D eigenvalue weighted by Crippen LogP contribution is -2.28. The number of aromatic nitrogens is 3. The van der Waals surface area contributed by atoms with Crippen molar-refractivity contribution in [2.75, 3.05) is 0 Å². The number of fused-ring (bicyclic) bond motifs is 9. The Balaban J connectivity index is 0.845. The molecule has 1 aliphatic carbocycles. The molecule has 0 N–H and O–H groups in total. The lowest BCUT2D eigenvalue weighted by molar-refractivity contribution is 0.669. The van der Waals surface area contributed by atoms with Crippen LogP contribution < -0.4 is 0 Å². The molecule has 75 heavy (non-hydrogen) atoms. The molecule has 15 rings (SSSR count). The maximum Gasteiger partial charge on any atom is 0.164 e. The lowest BCUT2D eigenvalue weighted by atomic mass is 9.67. The van der Waals surface area contributed by atoms with Gasteiger partial charge in [0.1, 0.15) is 11.2 Å². The third-order valence-electron chi connectivity index (χ3n) is 15.3. The minimum Gasteiger partial charge on any atom is -0.456 e. The van der Waals surface area contributed by atoms with E-state index in [2.05, 4.69) is 243 Å². The van der Waals surface area contributed by atoms with E-state index in [1.165, 1.54) is 64.7 Å². The number of thiophene rings is 1. The molecule has 3 aromatic heterocycles. The minimum absolute atomic E-state index is 0.460. The van der Waals surface area contributed by atoms with Crippen molar-refractivity contribution >= 4 is 53.4 Å². The fourth-order valence-electron chi connectivity index (χ4n) is 11.8. The molecule has 0 saturated heterocycles. The fraction of sp³-hybridized carbons (Fsp3) is 0.0143. The van der Waals surface area contributed by atoms with Crippen LogP contribution in [0.1, 0.15) is 22.3 Å². The number of furan rings is 1. The quantitative estimate of drug-likeness (QED) is 0.152. The predicted octanol–water partition coefficient (Wildman–Crippen LogP) is 18.5. The molecule has 5 heteroatoms. The van der Waals surface area contributed by atoms with Crippen molar-refractivity contribution in [1.29, 1.82) is 0 Å². The van der Waals surface area contributed by atoms with Crippen LogP contribution in [0.3, 0.4) is 0 Å². The average Bonchev–Trinajstić information content (AvgIpc) is 4.19. The van der Waals surface area contributed by atoms with Crippen molar-refractivity contribution in [3.8, 4) is 78.7 Å². The van der Waals surface area contributed by atoms with Crippen molar-refractivity contribution in [2.24, 2.45) is 0 Å². The molecule has 1 aliphatic rings. The Kier molecular flexibility index (Phi) is 9.94. The van der Waals surface area contributed by atoms with Gasteiger partial charge in [-0.3, -0.25) is 0 Å². The summed E-state index contributed by atoms with van der Waals surface area (Å²) in [5, 5.41) is 4.39. The zero-order chi connectivity index (χ0) is 49.5. The first kappa shape index (κ1) is 43.1. The van der Waals surface area contributed by atoms with Crippen molar-refractivity contribution in [3.63, 3.8) is 0 Å². The second-order valence-corrected chi connectivity index (χ2v) is 20.5. The molecule has 0 atom stereocenters. The summed E-state index contributed by atoms with van der Waals surface area (Å²) in [6.45, 7) is 0. The zero-order valence-electron chi connectivity index (χ0n) is 40.5. The Bertz CT molecular complexity index is 4470. The third kappa shape index (κ3) is 6.93. The van der Waals surface area contributed by atoms with E-state index in [0.29, 0.717) is 17.5 Å². The van der Waals surface area contributed by atoms with Gasteiger partial charge in [-0.2, -0.15) is 0 Å². The number of nitrogens with zero attached hydrogens (tertiary/aromatic N) is 3. The first-order valence-corrected chi connectivity index (χ1v) is 26.2. The van der Waals surface area contributed by atoms with E-state index in [1.807, 2.05) is 18.2 Å². The molecule has 4 nitrogen and oxygen atoms in total. The molecule has 11 aromatic carbocycles. The van der Waals surface area contributed by atoms with Crippen LogP contribution in [0.2, 0.25) is 0 Å². The Labute approximate surface area is 437 Å². The molecule has 350 valence electrons. The molecular formula is C70H43N3OS. The highest BCUT2D eigenvalue weighted by atomic mass is 32.1. The van der Waals surface area contributed by atoms with E-state index >= 15 is 0 Å². The van der Waals surface area contributed by atoms with Crippen LogP contribution in [0.4, 0.5) is 0 Å². The first-order valence-electron chi connectivity index (χ1n) is 25.4. The summed E-state index contributed by atoms with van der Waals surface area (Å²) in [7, 11) is 0. The highest BCUT2D eigenvalue weighted by Crippen LogP contribution is 2.58. The minimum atomic E-state index is -0.460. The van der Waals surface area contributed by atoms with Gasteiger partial charge >= 0.3 is 0 Å². The van der Waals surface area contributed by atoms with Gasteiger partial charge in [0.2, 0.25) is 0 Å². The van der Waals surface area contributed by atoms with E-state index in [-0.39, 0.29) is 0 Å². The van der Waals surface area contributed by atoms with Crippen LogP contribution in [0, 0.1) is 0 Å².